The molecule has 3 rings (SSSR count). The van der Waals surface area contributed by atoms with E-state index in [9.17, 15) is 14.7 Å². The largest absolute Gasteiger partial charge is 0.435 e. The zero-order valence-electron chi connectivity index (χ0n) is 18.6. The molecule has 2 fully saturated rings. The summed E-state index contributed by atoms with van der Waals surface area (Å²) in [7, 11) is 0. The van der Waals surface area contributed by atoms with Gasteiger partial charge in [-0.05, 0) is 55.9 Å². The molecule has 0 aromatic rings. The van der Waals surface area contributed by atoms with E-state index in [1.54, 1.807) is 6.08 Å². The first-order valence-electron chi connectivity index (χ1n) is 10.7. The molecule has 0 aromatic carbocycles. The van der Waals surface area contributed by atoms with Crippen LogP contribution in [-0.2, 0) is 23.8 Å². The molecule has 2 aliphatic carbocycles. The fourth-order valence-electron chi connectivity index (χ4n) is 5.74. The quantitative estimate of drug-likeness (QED) is 0.412. The van der Waals surface area contributed by atoms with Crippen molar-refractivity contribution in [3.8, 4) is 0 Å². The molecule has 1 heterocycles. The second kappa shape index (κ2) is 8.31. The molecular weight excluding hydrogens is 384 g/mol. The van der Waals surface area contributed by atoms with Crippen molar-refractivity contribution in [2.24, 2.45) is 22.7 Å². The van der Waals surface area contributed by atoms with Crippen molar-refractivity contribution in [1.82, 2.24) is 0 Å². The molecule has 0 unspecified atom stereocenters. The molecule has 0 radical (unpaired) electrons. The Morgan fingerprint density at radius 2 is 1.97 bits per heavy atom. The molecule has 166 valence electrons. The Morgan fingerprint density at radius 1 is 1.30 bits per heavy atom. The Labute approximate surface area is 179 Å². The van der Waals surface area contributed by atoms with Gasteiger partial charge < -0.3 is 14.6 Å². The van der Waals surface area contributed by atoms with Gasteiger partial charge in [-0.2, -0.15) is 0 Å². The van der Waals surface area contributed by atoms with Crippen LogP contribution in [0.3, 0.4) is 0 Å². The summed E-state index contributed by atoms with van der Waals surface area (Å²) in [6.45, 7) is 13.0. The van der Waals surface area contributed by atoms with Crippen LogP contribution >= 0.6 is 0 Å². The number of esters is 2. The smallest absolute Gasteiger partial charge is 0.305 e. The van der Waals surface area contributed by atoms with Crippen molar-refractivity contribution in [1.29, 1.82) is 0 Å². The monoisotopic (exact) mass is 418 g/mol. The molecule has 6 nitrogen and oxygen atoms in total. The van der Waals surface area contributed by atoms with Crippen molar-refractivity contribution in [2.45, 2.75) is 79.0 Å². The molecule has 7 atom stereocenters. The third-order valence-electron chi connectivity index (χ3n) is 7.57. The lowest BCUT2D eigenvalue weighted by Gasteiger charge is -2.58. The van der Waals surface area contributed by atoms with Crippen molar-refractivity contribution in [2.75, 3.05) is 0 Å². The molecule has 6 heteroatoms. The summed E-state index contributed by atoms with van der Waals surface area (Å²) in [5.41, 5.74) is 1.04. The van der Waals surface area contributed by atoms with Crippen LogP contribution < -0.4 is 0 Å². The summed E-state index contributed by atoms with van der Waals surface area (Å²) >= 11 is 0. The first-order valence-corrected chi connectivity index (χ1v) is 10.7. The predicted octanol–water partition coefficient (Wildman–Crippen LogP) is 4.05. The Bertz CT molecular complexity index is 783. The lowest BCUT2D eigenvalue weighted by molar-refractivity contribution is -0.235. The van der Waals surface area contributed by atoms with E-state index in [0.717, 1.165) is 30.4 Å². The van der Waals surface area contributed by atoms with Gasteiger partial charge in [-0.3, -0.25) is 14.3 Å². The van der Waals surface area contributed by atoms with Gasteiger partial charge in [0.05, 0.1) is 11.5 Å². The fraction of sp³-hybridized carbons (Fsp3) is 0.667. The highest BCUT2D eigenvalue weighted by atomic mass is 16.8. The van der Waals surface area contributed by atoms with E-state index in [2.05, 4.69) is 26.5 Å². The van der Waals surface area contributed by atoms with Gasteiger partial charge in [-0.15, -0.1) is 0 Å². The van der Waals surface area contributed by atoms with Gasteiger partial charge in [0, 0.05) is 19.4 Å². The molecular formula is C24H34O6. The minimum Gasteiger partial charge on any atom is -0.435 e. The van der Waals surface area contributed by atoms with E-state index < -0.39 is 36.0 Å². The fourth-order valence-corrected chi connectivity index (χ4v) is 5.74. The molecule has 3 aliphatic rings. The van der Waals surface area contributed by atoms with Crippen molar-refractivity contribution in [3.05, 3.63) is 36.0 Å². The maximum atomic E-state index is 11.9. The van der Waals surface area contributed by atoms with Crippen LogP contribution in [0.4, 0.5) is 0 Å². The van der Waals surface area contributed by atoms with E-state index in [4.69, 9.17) is 14.2 Å². The highest BCUT2D eigenvalue weighted by Gasteiger charge is 2.67. The Hall–Kier alpha value is -1.92. The first-order chi connectivity index (χ1) is 14.0. The molecule has 1 saturated heterocycles. The van der Waals surface area contributed by atoms with Crippen LogP contribution in [-0.4, -0.2) is 35.7 Å². The van der Waals surface area contributed by atoms with Crippen LogP contribution in [0, 0.1) is 22.7 Å². The van der Waals surface area contributed by atoms with Gasteiger partial charge in [0.2, 0.25) is 12.6 Å². The standard InChI is InChI=1S/C24H34O6/c1-7-14(2)8-10-23(6)15(3)9-11-24-19(12-18(27)13-20(23)24)21(28-16(4)25)30-22(24)29-17(5)26/h7-8,12,15,18,20-22,27H,1,9-11,13H2,2-6H3/b14-8+/t15-,18+,20+,21+,22-,23-,24-/m1/s1. The minimum atomic E-state index is -0.951. The second-order valence-corrected chi connectivity index (χ2v) is 9.34. The Morgan fingerprint density at radius 3 is 2.57 bits per heavy atom. The minimum absolute atomic E-state index is 0.0116. The predicted molar refractivity (Wildman–Crippen MR) is 112 cm³/mol. The number of hydrogen-bond acceptors (Lipinski definition) is 6. The number of ether oxygens (including phenoxy) is 3. The first kappa shape index (κ1) is 22.8. The topological polar surface area (TPSA) is 82.1 Å². The van der Waals surface area contributed by atoms with Crippen molar-refractivity contribution >= 4 is 11.9 Å². The summed E-state index contributed by atoms with van der Waals surface area (Å²) in [6.07, 6.45) is 6.30. The molecule has 1 saturated carbocycles. The van der Waals surface area contributed by atoms with E-state index in [1.807, 2.05) is 13.0 Å². The zero-order valence-corrected chi connectivity index (χ0v) is 18.6. The molecule has 0 amide bonds. The van der Waals surface area contributed by atoms with Gasteiger partial charge in [-0.1, -0.05) is 38.2 Å². The van der Waals surface area contributed by atoms with Crippen molar-refractivity contribution in [3.63, 3.8) is 0 Å². The van der Waals surface area contributed by atoms with Crippen LogP contribution in [0.5, 0.6) is 0 Å². The van der Waals surface area contributed by atoms with Gasteiger partial charge in [-0.25, -0.2) is 0 Å². The van der Waals surface area contributed by atoms with Gasteiger partial charge in [0.15, 0.2) is 0 Å². The Balaban J connectivity index is 2.12. The zero-order chi connectivity index (χ0) is 22.3. The highest BCUT2D eigenvalue weighted by Crippen LogP contribution is 2.66. The summed E-state index contributed by atoms with van der Waals surface area (Å²) < 4.78 is 17.1. The number of carbonyl (C=O) groups is 2. The molecule has 0 aromatic heterocycles. The van der Waals surface area contributed by atoms with Crippen LogP contribution in [0.15, 0.2) is 36.0 Å². The number of allylic oxidation sites excluding steroid dienone is 3. The number of aliphatic hydroxyl groups excluding tert-OH is 1. The summed E-state index contributed by atoms with van der Waals surface area (Å²) in [4.78, 5) is 23.6. The maximum Gasteiger partial charge on any atom is 0.305 e. The van der Waals surface area contributed by atoms with E-state index in [1.165, 1.54) is 13.8 Å². The highest BCUT2D eigenvalue weighted by molar-refractivity contribution is 5.67. The third kappa shape index (κ3) is 3.76. The maximum absolute atomic E-state index is 11.9. The number of rotatable bonds is 5. The van der Waals surface area contributed by atoms with Crippen LogP contribution in [0.2, 0.25) is 0 Å². The summed E-state index contributed by atoms with van der Waals surface area (Å²) in [5.74, 6) is -0.542. The molecule has 1 spiro atoms. The van der Waals surface area contributed by atoms with Gasteiger partial charge >= 0.3 is 11.9 Å². The van der Waals surface area contributed by atoms with Crippen LogP contribution in [0.1, 0.15) is 60.3 Å². The van der Waals surface area contributed by atoms with Crippen molar-refractivity contribution < 1.29 is 28.9 Å². The molecule has 30 heavy (non-hydrogen) atoms. The average Bonchev–Trinajstić information content (AvgIpc) is 2.94. The van der Waals surface area contributed by atoms with E-state index in [0.29, 0.717) is 12.3 Å². The number of hydrogen-bond donors (Lipinski definition) is 1. The Kier molecular flexibility index (Phi) is 6.30. The molecule has 0 bridgehead atoms. The number of carbonyl (C=O) groups excluding carboxylic acids is 2. The number of aliphatic hydroxyl groups is 1. The third-order valence-corrected chi connectivity index (χ3v) is 7.57. The van der Waals surface area contributed by atoms with Gasteiger partial charge in [0.25, 0.3) is 0 Å². The SMILES string of the molecule is C=C/C(C)=C/C[C@]1(C)[C@H](C)CC[C@@]23C(=C[C@H](O)C[C@@H]12)[C@@H](OC(C)=O)O[C@H]3OC(C)=O. The van der Waals surface area contributed by atoms with E-state index in [-0.39, 0.29) is 11.3 Å². The molecule has 1 aliphatic heterocycles. The summed E-state index contributed by atoms with van der Waals surface area (Å²) in [5, 5.41) is 10.7. The van der Waals surface area contributed by atoms with Crippen LogP contribution in [0.25, 0.3) is 0 Å². The summed E-state index contributed by atoms with van der Waals surface area (Å²) in [6, 6.07) is 0. The van der Waals surface area contributed by atoms with Gasteiger partial charge in [0.1, 0.15) is 0 Å². The average molecular weight is 419 g/mol. The lowest BCUT2D eigenvalue weighted by Crippen LogP contribution is -2.56. The lowest BCUT2D eigenvalue weighted by atomic mass is 9.46. The van der Waals surface area contributed by atoms with E-state index >= 15 is 0 Å². The second-order valence-electron chi connectivity index (χ2n) is 9.34. The normalized spacial score (nSPS) is 40.7. The molecule has 1 N–H and O–H groups in total.